The second kappa shape index (κ2) is 7.09. The van der Waals surface area contributed by atoms with E-state index in [1.807, 2.05) is 31.2 Å². The monoisotopic (exact) mass is 296 g/mol. The minimum Gasteiger partial charge on any atom is -0.349 e. The number of carbonyl (C=O) groups is 1. The molecule has 2 atom stereocenters. The van der Waals surface area contributed by atoms with E-state index in [4.69, 9.17) is 17.3 Å². The van der Waals surface area contributed by atoms with E-state index in [0.717, 1.165) is 12.0 Å². The molecular weight excluding hydrogens is 272 g/mol. The molecule has 0 spiro atoms. The Kier molecular flexibility index (Phi) is 6.03. The summed E-state index contributed by atoms with van der Waals surface area (Å²) in [4.78, 5) is 12.0. The van der Waals surface area contributed by atoms with E-state index in [-0.39, 0.29) is 23.4 Å². The number of nitrogens with one attached hydrogen (secondary N) is 1. The smallest absolute Gasteiger partial charge is 0.222 e. The van der Waals surface area contributed by atoms with E-state index >= 15 is 0 Å². The number of rotatable bonds is 5. The van der Waals surface area contributed by atoms with Gasteiger partial charge in [0.2, 0.25) is 5.91 Å². The molecule has 0 aliphatic rings. The zero-order chi connectivity index (χ0) is 15.3. The fourth-order valence-electron chi connectivity index (χ4n) is 2.30. The van der Waals surface area contributed by atoms with Crippen LogP contribution in [0.15, 0.2) is 24.3 Å². The summed E-state index contributed by atoms with van der Waals surface area (Å²) < 4.78 is 0. The molecule has 0 aliphatic carbocycles. The molecule has 0 bridgehead atoms. The van der Waals surface area contributed by atoms with Crippen LogP contribution in [0.5, 0.6) is 0 Å². The van der Waals surface area contributed by atoms with Crippen molar-refractivity contribution in [2.45, 2.75) is 52.6 Å². The Morgan fingerprint density at radius 2 is 1.95 bits per heavy atom. The van der Waals surface area contributed by atoms with Crippen LogP contribution in [0.25, 0.3) is 0 Å². The van der Waals surface area contributed by atoms with Crippen molar-refractivity contribution in [3.05, 3.63) is 34.9 Å². The van der Waals surface area contributed by atoms with Crippen molar-refractivity contribution in [3.63, 3.8) is 0 Å². The highest BCUT2D eigenvalue weighted by Crippen LogP contribution is 2.23. The topological polar surface area (TPSA) is 55.1 Å². The van der Waals surface area contributed by atoms with Crippen LogP contribution in [0.2, 0.25) is 5.02 Å². The molecular formula is C16H25ClN2O. The average Bonchev–Trinajstić information content (AvgIpc) is 2.25. The van der Waals surface area contributed by atoms with Crippen LogP contribution in [0.3, 0.4) is 0 Å². The molecule has 0 radical (unpaired) electrons. The molecule has 1 aromatic rings. The molecule has 0 fully saturated rings. The van der Waals surface area contributed by atoms with E-state index in [9.17, 15) is 4.79 Å². The van der Waals surface area contributed by atoms with Gasteiger partial charge in [-0.2, -0.15) is 0 Å². The van der Waals surface area contributed by atoms with Gasteiger partial charge in [-0.1, -0.05) is 50.6 Å². The number of carbonyl (C=O) groups excluding carboxylic acids is 1. The van der Waals surface area contributed by atoms with Crippen LogP contribution in [-0.4, -0.2) is 11.9 Å². The van der Waals surface area contributed by atoms with Crippen LogP contribution >= 0.6 is 11.6 Å². The highest BCUT2D eigenvalue weighted by molar-refractivity contribution is 6.31. The van der Waals surface area contributed by atoms with Gasteiger partial charge in [0.1, 0.15) is 0 Å². The molecule has 1 amide bonds. The third-order valence-corrected chi connectivity index (χ3v) is 3.42. The molecule has 20 heavy (non-hydrogen) atoms. The van der Waals surface area contributed by atoms with Crippen molar-refractivity contribution in [3.8, 4) is 0 Å². The summed E-state index contributed by atoms with van der Waals surface area (Å²) in [6, 6.07) is 7.30. The summed E-state index contributed by atoms with van der Waals surface area (Å²) in [6.07, 6.45) is 1.16. The number of hydrogen-bond donors (Lipinski definition) is 2. The summed E-state index contributed by atoms with van der Waals surface area (Å²) in [5.74, 6) is -0.0332. The highest BCUT2D eigenvalue weighted by Gasteiger charge is 2.19. The maximum atomic E-state index is 12.0. The lowest BCUT2D eigenvalue weighted by Crippen LogP contribution is -2.35. The second-order valence-corrected chi connectivity index (χ2v) is 6.95. The quantitative estimate of drug-likeness (QED) is 0.871. The largest absolute Gasteiger partial charge is 0.349 e. The Balaban J connectivity index is 2.52. The van der Waals surface area contributed by atoms with Gasteiger partial charge in [-0.3, -0.25) is 4.79 Å². The standard InChI is InChI=1S/C16H25ClN2O/c1-11(13-7-5-6-8-14(13)17)19-15(20)9-12(18)10-16(2,3)4/h5-8,11-12H,9-10,18H2,1-4H3,(H,19,20). The first-order chi connectivity index (χ1) is 9.19. The molecule has 4 heteroatoms. The van der Waals surface area contributed by atoms with Crippen LogP contribution in [0.1, 0.15) is 52.1 Å². The molecule has 0 saturated carbocycles. The lowest BCUT2D eigenvalue weighted by Gasteiger charge is -2.23. The van der Waals surface area contributed by atoms with Gasteiger partial charge in [-0.25, -0.2) is 0 Å². The molecule has 0 aromatic heterocycles. The van der Waals surface area contributed by atoms with Crippen molar-refractivity contribution in [2.75, 3.05) is 0 Å². The van der Waals surface area contributed by atoms with Gasteiger partial charge in [0.15, 0.2) is 0 Å². The predicted molar refractivity (Wildman–Crippen MR) is 84.7 cm³/mol. The summed E-state index contributed by atoms with van der Waals surface area (Å²) in [5.41, 5.74) is 7.07. The Hall–Kier alpha value is -1.06. The zero-order valence-corrected chi connectivity index (χ0v) is 13.5. The summed E-state index contributed by atoms with van der Waals surface area (Å²) in [6.45, 7) is 8.29. The number of halogens is 1. The molecule has 1 rings (SSSR count). The average molecular weight is 297 g/mol. The predicted octanol–water partition coefficient (Wildman–Crippen LogP) is 3.67. The molecule has 3 nitrogen and oxygen atoms in total. The van der Waals surface area contributed by atoms with Gasteiger partial charge in [0.25, 0.3) is 0 Å². The van der Waals surface area contributed by atoms with Gasteiger partial charge >= 0.3 is 0 Å². The first kappa shape index (κ1) is 17.0. The third kappa shape index (κ3) is 5.93. The normalized spacial score (nSPS) is 14.7. The second-order valence-electron chi connectivity index (χ2n) is 6.54. The first-order valence-corrected chi connectivity index (χ1v) is 7.36. The molecule has 112 valence electrons. The van der Waals surface area contributed by atoms with E-state index in [0.29, 0.717) is 11.4 Å². The molecule has 2 unspecified atom stereocenters. The zero-order valence-electron chi connectivity index (χ0n) is 12.7. The van der Waals surface area contributed by atoms with Crippen LogP contribution in [0.4, 0.5) is 0 Å². The van der Waals surface area contributed by atoms with E-state index in [1.165, 1.54) is 0 Å². The maximum Gasteiger partial charge on any atom is 0.222 e. The minimum absolute atomic E-state index is 0.0332. The van der Waals surface area contributed by atoms with Crippen molar-refractivity contribution in [2.24, 2.45) is 11.1 Å². The number of nitrogens with two attached hydrogens (primary N) is 1. The summed E-state index contributed by atoms with van der Waals surface area (Å²) in [7, 11) is 0. The van der Waals surface area contributed by atoms with Crippen molar-refractivity contribution in [1.82, 2.24) is 5.32 Å². The van der Waals surface area contributed by atoms with Crippen molar-refractivity contribution in [1.29, 1.82) is 0 Å². The van der Waals surface area contributed by atoms with Gasteiger partial charge < -0.3 is 11.1 Å². The molecule has 0 saturated heterocycles. The maximum absolute atomic E-state index is 12.0. The van der Waals surface area contributed by atoms with Gasteiger partial charge in [0, 0.05) is 17.5 Å². The van der Waals surface area contributed by atoms with E-state index in [2.05, 4.69) is 26.1 Å². The summed E-state index contributed by atoms with van der Waals surface area (Å²) in [5, 5.41) is 3.62. The molecule has 1 aromatic carbocycles. The Morgan fingerprint density at radius 1 is 1.35 bits per heavy atom. The molecule has 0 heterocycles. The summed E-state index contributed by atoms with van der Waals surface area (Å²) >= 11 is 6.12. The van der Waals surface area contributed by atoms with Crippen molar-refractivity contribution >= 4 is 17.5 Å². The lowest BCUT2D eigenvalue weighted by atomic mass is 9.87. The molecule has 0 aliphatic heterocycles. The first-order valence-electron chi connectivity index (χ1n) is 6.98. The van der Waals surface area contributed by atoms with E-state index < -0.39 is 0 Å². The minimum atomic E-state index is -0.117. The van der Waals surface area contributed by atoms with E-state index in [1.54, 1.807) is 0 Å². The number of hydrogen-bond acceptors (Lipinski definition) is 2. The van der Waals surface area contributed by atoms with Gasteiger partial charge in [0.05, 0.1) is 6.04 Å². The van der Waals surface area contributed by atoms with Crippen LogP contribution in [0, 0.1) is 5.41 Å². The highest BCUT2D eigenvalue weighted by atomic mass is 35.5. The Bertz CT molecular complexity index is 454. The molecule has 3 N–H and O–H groups in total. The Labute approximate surface area is 126 Å². The van der Waals surface area contributed by atoms with Crippen molar-refractivity contribution < 1.29 is 4.79 Å². The van der Waals surface area contributed by atoms with Crippen LogP contribution in [-0.2, 0) is 4.79 Å². The SMILES string of the molecule is CC(NC(=O)CC(N)CC(C)(C)C)c1ccccc1Cl. The fourth-order valence-corrected chi connectivity index (χ4v) is 2.60. The Morgan fingerprint density at radius 3 is 2.50 bits per heavy atom. The number of benzene rings is 1. The van der Waals surface area contributed by atoms with Gasteiger partial charge in [-0.05, 0) is 30.4 Å². The van der Waals surface area contributed by atoms with Gasteiger partial charge in [-0.15, -0.1) is 0 Å². The lowest BCUT2D eigenvalue weighted by molar-refractivity contribution is -0.122. The third-order valence-electron chi connectivity index (χ3n) is 3.07. The van der Waals surface area contributed by atoms with Crippen LogP contribution < -0.4 is 11.1 Å². The fraction of sp³-hybridized carbons (Fsp3) is 0.562. The number of amides is 1.